The second-order valence-corrected chi connectivity index (χ2v) is 28.9. The summed E-state index contributed by atoms with van der Waals surface area (Å²) in [7, 11) is 0. The average Bonchev–Trinajstić information content (AvgIpc) is 3.81. The van der Waals surface area contributed by atoms with E-state index in [1.807, 2.05) is 55.5 Å². The third-order valence-corrected chi connectivity index (χ3v) is 15.7. The number of fused-ring (bicyclic) bond motifs is 4. The van der Waals surface area contributed by atoms with E-state index in [0.29, 0.717) is 5.92 Å². The Morgan fingerprint density at radius 2 is 1.39 bits per heavy atom. The molecule has 0 saturated carbocycles. The molecule has 4 aromatic heterocycles. The monoisotopic (exact) mass is 1060 g/mol. The topological polar surface area (TPSA) is 56.7 Å². The van der Waals surface area contributed by atoms with Crippen molar-refractivity contribution in [2.75, 3.05) is 0 Å². The summed E-state index contributed by atoms with van der Waals surface area (Å²) in [5.74, 6) is 9.33. The number of furan rings is 1. The molecule has 4 heterocycles. The number of aryl methyl sites for hydroxylation is 1. The van der Waals surface area contributed by atoms with Crippen LogP contribution in [0.5, 0.6) is 0 Å². The number of rotatable bonds is 9. The summed E-state index contributed by atoms with van der Waals surface area (Å²) in [6.45, 7) is 15.7. The maximum atomic E-state index is 6.48. The van der Waals surface area contributed by atoms with Gasteiger partial charge in [0.2, 0.25) is 0 Å². The molecule has 9 rings (SSSR count). The summed E-state index contributed by atoms with van der Waals surface area (Å²) < 4.78 is 10.3. The molecule has 0 atom stereocenters. The van der Waals surface area contributed by atoms with Crippen molar-refractivity contribution in [3.63, 3.8) is 0 Å². The third-order valence-electron chi connectivity index (χ3n) is 11.4. The number of pyridine rings is 2. The van der Waals surface area contributed by atoms with Gasteiger partial charge in [-0.15, -0.1) is 18.2 Å². The quantitative estimate of drug-likeness (QED) is 0.107. The van der Waals surface area contributed by atoms with Gasteiger partial charge in [0, 0.05) is 36.9 Å². The van der Waals surface area contributed by atoms with Gasteiger partial charge in [0.25, 0.3) is 0 Å². The molecule has 0 fully saturated rings. The van der Waals surface area contributed by atoms with Crippen LogP contribution in [-0.2, 0) is 26.5 Å². The minimum Gasteiger partial charge on any atom is -0.501 e. The van der Waals surface area contributed by atoms with Crippen LogP contribution < -0.4 is 4.40 Å². The number of para-hydroxylation sites is 1. The van der Waals surface area contributed by atoms with Gasteiger partial charge >= 0.3 is 126 Å². The maximum absolute atomic E-state index is 6.48. The van der Waals surface area contributed by atoms with Gasteiger partial charge in [-0.25, -0.2) is 4.98 Å². The molecule has 62 heavy (non-hydrogen) atoms. The Kier molecular flexibility index (Phi) is 13.5. The van der Waals surface area contributed by atoms with E-state index >= 15 is 0 Å². The Morgan fingerprint density at radius 3 is 2.05 bits per heavy atom. The van der Waals surface area contributed by atoms with Crippen molar-refractivity contribution in [3.8, 4) is 39.5 Å². The predicted molar refractivity (Wildman–Crippen MR) is 259 cm³/mol. The van der Waals surface area contributed by atoms with Crippen molar-refractivity contribution in [3.05, 3.63) is 162 Å². The van der Waals surface area contributed by atoms with E-state index < -0.39 is 13.3 Å². The molecular weight excluding hydrogens is 997 g/mol. The van der Waals surface area contributed by atoms with Crippen LogP contribution in [0.2, 0.25) is 17.3 Å². The van der Waals surface area contributed by atoms with Crippen LogP contribution in [0.15, 0.2) is 132 Å². The number of nitrogens with zero attached hydrogens (tertiary/aromatic N) is 4. The molecule has 0 aliphatic rings. The van der Waals surface area contributed by atoms with Crippen molar-refractivity contribution in [2.45, 2.75) is 84.0 Å². The molecule has 0 N–H and O–H groups in total. The summed E-state index contributed by atoms with van der Waals surface area (Å²) in [5.41, 5.74) is 14.9. The summed E-state index contributed by atoms with van der Waals surface area (Å²) in [5, 5.41) is 2.15. The number of imidazole rings is 1. The molecule has 0 unspecified atom stereocenters. The van der Waals surface area contributed by atoms with Crippen molar-refractivity contribution in [2.24, 2.45) is 5.92 Å². The van der Waals surface area contributed by atoms with Crippen molar-refractivity contribution in [1.82, 2.24) is 19.5 Å². The first-order valence-electron chi connectivity index (χ1n) is 21.7. The molecule has 0 aliphatic heterocycles. The molecule has 0 bridgehead atoms. The number of benzene rings is 5. The van der Waals surface area contributed by atoms with Gasteiger partial charge in [-0.1, -0.05) is 87.2 Å². The fourth-order valence-electron chi connectivity index (χ4n) is 8.38. The molecule has 0 amide bonds. The largest absolute Gasteiger partial charge is 0.501 e. The molecule has 1 radical (unpaired) electrons. The van der Waals surface area contributed by atoms with Crippen LogP contribution >= 0.6 is 0 Å². The summed E-state index contributed by atoms with van der Waals surface area (Å²) in [6.07, 6.45) is 3.27. The summed E-state index contributed by atoms with van der Waals surface area (Å²) in [6, 6.07) is 48.8. The van der Waals surface area contributed by atoms with E-state index in [4.69, 9.17) is 19.4 Å². The van der Waals surface area contributed by atoms with E-state index in [2.05, 4.69) is 155 Å². The van der Waals surface area contributed by atoms with E-state index in [1.165, 1.54) is 27.8 Å². The van der Waals surface area contributed by atoms with E-state index in [-0.39, 0.29) is 31.9 Å². The first-order chi connectivity index (χ1) is 29.3. The second kappa shape index (κ2) is 18.7. The van der Waals surface area contributed by atoms with Gasteiger partial charge in [0.1, 0.15) is 5.58 Å². The van der Waals surface area contributed by atoms with Crippen LogP contribution in [0.1, 0.15) is 75.8 Å². The van der Waals surface area contributed by atoms with E-state index in [0.717, 1.165) is 73.5 Å². The SMILES string of the molecule is CC(C)Cc1cc(-c2[c-]cccc2)nc[c]1[Ge]([CH3])([CH3])[CH3].Cc1ccc2nc(-c3[c-]ccc4c3oc3ccccc34)n(-c3c(C(C)C)cc(-c4ccccc4)cc3C(C)C)c2n1.[Ir]. The number of hydrogen-bond donors (Lipinski definition) is 0. The first-order valence-corrected chi connectivity index (χ1v) is 29.0. The third kappa shape index (κ3) is 9.15. The van der Waals surface area contributed by atoms with Crippen LogP contribution in [0.25, 0.3) is 72.6 Å². The molecular formula is C55H56GeIrN4O-2. The molecule has 9 aromatic rings. The van der Waals surface area contributed by atoms with Gasteiger partial charge in [0.05, 0.1) is 16.9 Å². The molecule has 317 valence electrons. The first kappa shape index (κ1) is 44.9. The molecule has 5 nitrogen and oxygen atoms in total. The molecule has 0 spiro atoms. The van der Waals surface area contributed by atoms with Crippen molar-refractivity contribution in [1.29, 1.82) is 0 Å². The van der Waals surface area contributed by atoms with Crippen LogP contribution in [0.3, 0.4) is 0 Å². The fraction of sp³-hybridized carbons (Fsp3) is 0.255. The zero-order valence-corrected chi connectivity index (χ0v) is 42.1. The van der Waals surface area contributed by atoms with Crippen LogP contribution in [-0.4, -0.2) is 32.8 Å². The number of hydrogen-bond acceptors (Lipinski definition) is 4. The van der Waals surface area contributed by atoms with E-state index in [1.54, 1.807) is 4.40 Å². The molecule has 0 saturated heterocycles. The summed E-state index contributed by atoms with van der Waals surface area (Å²) in [4.78, 5) is 15.0. The number of aromatic nitrogens is 4. The Hall–Kier alpha value is -5.14. The molecule has 0 aliphatic carbocycles. The van der Waals surface area contributed by atoms with Gasteiger partial charge in [-0.05, 0) is 71.3 Å². The Morgan fingerprint density at radius 1 is 0.694 bits per heavy atom. The van der Waals surface area contributed by atoms with Crippen molar-refractivity contribution >= 4 is 50.8 Å². The smallest absolute Gasteiger partial charge is 0.155 e. The Balaban J connectivity index is 0.000000233. The Bertz CT molecular complexity index is 2950. The fourth-order valence-corrected chi connectivity index (χ4v) is 11.7. The van der Waals surface area contributed by atoms with E-state index in [9.17, 15) is 0 Å². The average molecular weight is 1050 g/mol. The minimum absolute atomic E-state index is 0. The van der Waals surface area contributed by atoms with Gasteiger partial charge in [-0.2, -0.15) is 0 Å². The normalized spacial score (nSPS) is 11.8. The summed E-state index contributed by atoms with van der Waals surface area (Å²) >= 11 is -1.86. The van der Waals surface area contributed by atoms with Gasteiger partial charge in [-0.3, -0.25) is 4.98 Å². The minimum atomic E-state index is -1.86. The van der Waals surface area contributed by atoms with Gasteiger partial charge < -0.3 is 8.98 Å². The zero-order valence-electron chi connectivity index (χ0n) is 37.6. The zero-order chi connectivity index (χ0) is 43.0. The standard InChI is InChI=1S/C37H32N3O.C18H24GeN.Ir/c1-22(2)30-20-26(25-12-7-6-8-13-25)21-31(23(3)4)34(30)40-36(39-32-19-18-24(5)38-37(32)40)29-16-11-15-28-27-14-9-10-17-33(27)41-35(28)29;1-14(2)11-16-12-18(15-9-7-6-8-10-15)20-13-17(16)19(3,4)5;/h6-15,17-23H,1-5H3;6-9,12-14H,11H2,1-5H3;/q2*-1;. The van der Waals surface area contributed by atoms with Crippen molar-refractivity contribution < 1.29 is 24.5 Å². The second-order valence-electron chi connectivity index (χ2n) is 18.3. The Labute approximate surface area is 383 Å². The molecule has 7 heteroatoms. The maximum Gasteiger partial charge on any atom is 0.155 e. The van der Waals surface area contributed by atoms with Gasteiger partial charge in [0.15, 0.2) is 5.65 Å². The van der Waals surface area contributed by atoms with Crippen LogP contribution in [0, 0.1) is 25.0 Å². The predicted octanol–water partition coefficient (Wildman–Crippen LogP) is 14.3. The van der Waals surface area contributed by atoms with Crippen LogP contribution in [0.4, 0.5) is 0 Å². The molecule has 5 aromatic carbocycles.